The molecule has 2 aromatic heterocycles. The van der Waals surface area contributed by atoms with Gasteiger partial charge in [-0.15, -0.1) is 11.3 Å². The van der Waals surface area contributed by atoms with Crippen LogP contribution in [-0.4, -0.2) is 18.2 Å². The number of alkyl halides is 2. The van der Waals surface area contributed by atoms with Crippen LogP contribution in [0.3, 0.4) is 0 Å². The van der Waals surface area contributed by atoms with Gasteiger partial charge in [-0.25, -0.2) is 27.0 Å². The van der Waals surface area contributed by atoms with Crippen molar-refractivity contribution in [2.45, 2.75) is 18.2 Å². The molecular formula is C15H13F2N3O2S2. The lowest BCUT2D eigenvalue weighted by Gasteiger charge is -2.10. The Morgan fingerprint density at radius 2 is 1.96 bits per heavy atom. The average molecular weight is 369 g/mol. The number of aryl methyl sites for hydroxylation is 1. The zero-order chi connectivity index (χ0) is 17.5. The molecule has 0 aliphatic heterocycles. The van der Waals surface area contributed by atoms with Crippen molar-refractivity contribution < 1.29 is 17.2 Å². The van der Waals surface area contributed by atoms with Crippen molar-refractivity contribution >= 4 is 21.4 Å². The maximum Gasteiger partial charge on any atom is 0.282 e. The Kier molecular flexibility index (Phi) is 4.24. The van der Waals surface area contributed by atoms with Crippen LogP contribution in [0.2, 0.25) is 0 Å². The van der Waals surface area contributed by atoms with E-state index in [0.29, 0.717) is 10.6 Å². The lowest BCUT2D eigenvalue weighted by Crippen LogP contribution is -2.16. The summed E-state index contributed by atoms with van der Waals surface area (Å²) in [5, 5.41) is 11.0. The van der Waals surface area contributed by atoms with Crippen molar-refractivity contribution in [3.8, 4) is 16.3 Å². The zero-order valence-electron chi connectivity index (χ0n) is 12.5. The van der Waals surface area contributed by atoms with E-state index in [-0.39, 0.29) is 10.6 Å². The van der Waals surface area contributed by atoms with Gasteiger partial charge in [0.2, 0.25) is 10.0 Å². The Morgan fingerprint density at radius 1 is 1.25 bits per heavy atom. The monoisotopic (exact) mass is 369 g/mol. The third kappa shape index (κ3) is 3.10. The number of halogens is 2. The molecule has 5 nitrogen and oxygen atoms in total. The molecule has 0 bridgehead atoms. The van der Waals surface area contributed by atoms with Crippen molar-refractivity contribution in [3.63, 3.8) is 0 Å². The van der Waals surface area contributed by atoms with Crippen LogP contribution in [0.15, 0.2) is 46.7 Å². The molecule has 126 valence electrons. The Morgan fingerprint density at radius 3 is 2.54 bits per heavy atom. The molecule has 0 aliphatic rings. The van der Waals surface area contributed by atoms with E-state index >= 15 is 0 Å². The molecule has 0 spiro atoms. The molecule has 9 heteroatoms. The molecule has 24 heavy (non-hydrogen) atoms. The molecule has 0 saturated heterocycles. The Hall–Kier alpha value is -2.10. The lowest BCUT2D eigenvalue weighted by atomic mass is 10.2. The van der Waals surface area contributed by atoms with Gasteiger partial charge >= 0.3 is 0 Å². The van der Waals surface area contributed by atoms with Crippen LogP contribution in [0.5, 0.6) is 0 Å². The molecule has 2 N–H and O–H groups in total. The summed E-state index contributed by atoms with van der Waals surface area (Å²) in [6.07, 6.45) is -2.77. The Balaban J connectivity index is 2.29. The van der Waals surface area contributed by atoms with Gasteiger partial charge in [0.05, 0.1) is 16.3 Å². The van der Waals surface area contributed by atoms with Crippen LogP contribution in [0, 0.1) is 6.92 Å². The van der Waals surface area contributed by atoms with Crippen molar-refractivity contribution in [1.29, 1.82) is 0 Å². The summed E-state index contributed by atoms with van der Waals surface area (Å²) in [4.78, 5) is 0.527. The molecule has 3 rings (SSSR count). The van der Waals surface area contributed by atoms with Crippen LogP contribution in [0.25, 0.3) is 16.3 Å². The van der Waals surface area contributed by atoms with Crippen molar-refractivity contribution in [2.75, 3.05) is 0 Å². The number of nitrogens with zero attached hydrogens (tertiary/aromatic N) is 2. The molecular weight excluding hydrogens is 356 g/mol. The second-order valence-electron chi connectivity index (χ2n) is 5.17. The molecule has 2 heterocycles. The van der Waals surface area contributed by atoms with Crippen LogP contribution < -0.4 is 5.14 Å². The first-order chi connectivity index (χ1) is 11.3. The molecule has 0 radical (unpaired) electrons. The summed E-state index contributed by atoms with van der Waals surface area (Å²) in [7, 11) is -4.03. The third-order valence-corrected chi connectivity index (χ3v) is 5.36. The fraction of sp³-hybridized carbons (Fsp3) is 0.133. The number of para-hydroxylation sites is 1. The molecule has 0 saturated carbocycles. The number of nitrogens with two attached hydrogens (primary N) is 1. The maximum absolute atomic E-state index is 13.1. The van der Waals surface area contributed by atoms with Crippen molar-refractivity contribution in [3.05, 3.63) is 53.0 Å². The van der Waals surface area contributed by atoms with Crippen LogP contribution in [0.1, 0.15) is 17.7 Å². The SMILES string of the molecule is Cc1csc(-c2cc(C(F)F)nn2-c2ccccc2S(N)(=O)=O)c1. The molecule has 1 aromatic carbocycles. The van der Waals surface area contributed by atoms with Gasteiger partial charge in [-0.05, 0) is 42.1 Å². The number of hydrogen-bond acceptors (Lipinski definition) is 4. The minimum atomic E-state index is -4.03. The van der Waals surface area contributed by atoms with E-state index in [4.69, 9.17) is 5.14 Å². The third-order valence-electron chi connectivity index (χ3n) is 3.33. The summed E-state index contributed by atoms with van der Waals surface area (Å²) in [5.74, 6) is 0. The first-order valence-corrected chi connectivity index (χ1v) is 9.26. The van der Waals surface area contributed by atoms with Crippen LogP contribution in [0.4, 0.5) is 8.78 Å². The highest BCUT2D eigenvalue weighted by Crippen LogP contribution is 2.33. The Labute approximate surface area is 141 Å². The van der Waals surface area contributed by atoms with Gasteiger partial charge < -0.3 is 0 Å². The molecule has 0 fully saturated rings. The second kappa shape index (κ2) is 6.08. The number of thiophene rings is 1. The van der Waals surface area contributed by atoms with Gasteiger partial charge in [-0.3, -0.25) is 0 Å². The zero-order valence-corrected chi connectivity index (χ0v) is 14.1. The van der Waals surface area contributed by atoms with E-state index in [1.54, 1.807) is 6.07 Å². The van der Waals surface area contributed by atoms with Gasteiger partial charge in [-0.2, -0.15) is 5.10 Å². The van der Waals surface area contributed by atoms with Crippen LogP contribution in [-0.2, 0) is 10.0 Å². The molecule has 0 amide bonds. The van der Waals surface area contributed by atoms with Gasteiger partial charge in [0.25, 0.3) is 6.43 Å². The standard InChI is InChI=1S/C15H13F2N3O2S2/c1-9-6-13(23-8-9)12-7-10(15(16)17)19-20(12)11-4-2-3-5-14(11)24(18,21)22/h2-8,15H,1H3,(H2,18,21,22). The topological polar surface area (TPSA) is 78.0 Å². The lowest BCUT2D eigenvalue weighted by molar-refractivity contribution is 0.145. The van der Waals surface area contributed by atoms with Gasteiger partial charge in [0, 0.05) is 0 Å². The highest BCUT2D eigenvalue weighted by molar-refractivity contribution is 7.89. The van der Waals surface area contributed by atoms with E-state index in [2.05, 4.69) is 5.10 Å². The summed E-state index contributed by atoms with van der Waals surface area (Å²) < 4.78 is 51.1. The smallest absolute Gasteiger partial charge is 0.230 e. The Bertz CT molecular complexity index is 994. The number of rotatable bonds is 4. The maximum atomic E-state index is 13.1. The molecule has 0 aliphatic carbocycles. The van der Waals surface area contributed by atoms with Gasteiger partial charge in [0.1, 0.15) is 10.6 Å². The van der Waals surface area contributed by atoms with Crippen molar-refractivity contribution in [2.24, 2.45) is 5.14 Å². The predicted molar refractivity (Wildman–Crippen MR) is 87.9 cm³/mol. The molecule has 0 unspecified atom stereocenters. The number of hydrogen-bond donors (Lipinski definition) is 1. The summed E-state index contributed by atoms with van der Waals surface area (Å²) >= 11 is 1.36. The van der Waals surface area contributed by atoms with E-state index in [1.165, 1.54) is 40.3 Å². The number of benzene rings is 1. The van der Waals surface area contributed by atoms with Crippen LogP contribution >= 0.6 is 11.3 Å². The summed E-state index contributed by atoms with van der Waals surface area (Å²) in [6, 6.07) is 8.99. The average Bonchev–Trinajstić information content (AvgIpc) is 3.12. The minimum Gasteiger partial charge on any atom is -0.230 e. The van der Waals surface area contributed by atoms with Crippen molar-refractivity contribution in [1.82, 2.24) is 9.78 Å². The summed E-state index contributed by atoms with van der Waals surface area (Å²) in [6.45, 7) is 1.88. The van der Waals surface area contributed by atoms with Gasteiger partial charge in [0.15, 0.2) is 0 Å². The summed E-state index contributed by atoms with van der Waals surface area (Å²) in [5.41, 5.74) is 1.06. The first-order valence-electron chi connectivity index (χ1n) is 6.83. The van der Waals surface area contributed by atoms with E-state index in [1.807, 2.05) is 18.4 Å². The molecule has 3 aromatic rings. The highest BCUT2D eigenvalue weighted by Gasteiger charge is 2.22. The van der Waals surface area contributed by atoms with E-state index in [0.717, 1.165) is 5.56 Å². The van der Waals surface area contributed by atoms with Gasteiger partial charge in [-0.1, -0.05) is 12.1 Å². The second-order valence-corrected chi connectivity index (χ2v) is 7.61. The first kappa shape index (κ1) is 16.7. The minimum absolute atomic E-state index is 0.132. The number of sulfonamides is 1. The molecule has 0 atom stereocenters. The fourth-order valence-electron chi connectivity index (χ4n) is 2.30. The highest BCUT2D eigenvalue weighted by atomic mass is 32.2. The normalized spacial score (nSPS) is 12.0. The van der Waals surface area contributed by atoms with E-state index in [9.17, 15) is 17.2 Å². The quantitative estimate of drug-likeness (QED) is 0.765. The largest absolute Gasteiger partial charge is 0.282 e. The van der Waals surface area contributed by atoms with E-state index < -0.39 is 22.1 Å². The predicted octanol–water partition coefficient (Wildman–Crippen LogP) is 3.49. The number of primary sulfonamides is 1. The fourth-order valence-corrected chi connectivity index (χ4v) is 3.92. The number of aromatic nitrogens is 2.